The number of carbonyl (C=O) groups is 2. The normalized spacial score (nSPS) is 15.2. The number of rotatable bonds is 3. The lowest BCUT2D eigenvalue weighted by Gasteiger charge is -2.39. The van der Waals surface area contributed by atoms with Crippen molar-refractivity contribution in [1.29, 1.82) is 0 Å². The smallest absolute Gasteiger partial charge is 0.410 e. The maximum atomic E-state index is 12.2. The number of carbonyl (C=O) groups excluding carboxylic acids is 2. The summed E-state index contributed by atoms with van der Waals surface area (Å²) in [7, 11) is 0. The number of hydrogen-bond donors (Lipinski definition) is 1. The van der Waals surface area contributed by atoms with Crippen LogP contribution in [0.15, 0.2) is 24.3 Å². The van der Waals surface area contributed by atoms with Crippen LogP contribution in [0.4, 0.5) is 4.79 Å². The number of benzene rings is 1. The molecule has 1 aliphatic rings. The zero-order valence-electron chi connectivity index (χ0n) is 14.0. The Bertz CT molecular complexity index is 727. The molecule has 1 aliphatic heterocycles. The van der Waals surface area contributed by atoms with E-state index >= 15 is 0 Å². The molecule has 1 saturated heterocycles. The highest BCUT2D eigenvalue weighted by Gasteiger charge is 2.33. The average molecular weight is 347 g/mol. The van der Waals surface area contributed by atoms with E-state index in [1.807, 2.05) is 45.0 Å². The molecule has 0 atom stereocenters. The molecular weight excluding hydrogens is 326 g/mol. The van der Waals surface area contributed by atoms with Gasteiger partial charge in [0.05, 0.1) is 10.2 Å². The van der Waals surface area contributed by atoms with Gasteiger partial charge in [-0.25, -0.2) is 9.78 Å². The summed E-state index contributed by atoms with van der Waals surface area (Å²) in [6.45, 7) is 7.29. The van der Waals surface area contributed by atoms with Gasteiger partial charge < -0.3 is 15.0 Å². The molecule has 2 amide bonds. The fraction of sp³-hybridized carbons (Fsp3) is 0.471. The van der Waals surface area contributed by atoms with Gasteiger partial charge in [-0.3, -0.25) is 4.79 Å². The molecule has 2 aromatic rings. The van der Waals surface area contributed by atoms with Crippen molar-refractivity contribution in [2.24, 2.45) is 5.92 Å². The molecule has 0 unspecified atom stereocenters. The fourth-order valence-electron chi connectivity index (χ4n) is 2.46. The number of nitrogens with zero attached hydrogens (tertiary/aromatic N) is 2. The van der Waals surface area contributed by atoms with Gasteiger partial charge in [0.15, 0.2) is 5.01 Å². The standard InChI is InChI=1S/C17H21N3O3S/c1-17(2,3)23-16(22)20-9-11(10-20)8-18-14(21)15-19-12-6-4-5-7-13(12)24-15/h4-7,11H,8-10H2,1-3H3,(H,18,21). The fourth-order valence-corrected chi connectivity index (χ4v) is 3.34. The molecule has 24 heavy (non-hydrogen) atoms. The lowest BCUT2D eigenvalue weighted by molar-refractivity contribution is -0.000532. The Hall–Kier alpha value is -2.15. The van der Waals surface area contributed by atoms with E-state index in [4.69, 9.17) is 4.74 Å². The molecule has 1 N–H and O–H groups in total. The van der Waals surface area contributed by atoms with Gasteiger partial charge in [0.25, 0.3) is 5.91 Å². The van der Waals surface area contributed by atoms with Crippen molar-refractivity contribution in [3.05, 3.63) is 29.3 Å². The van der Waals surface area contributed by atoms with Gasteiger partial charge in [0.1, 0.15) is 5.60 Å². The number of ether oxygens (including phenoxy) is 1. The van der Waals surface area contributed by atoms with E-state index in [1.165, 1.54) is 11.3 Å². The third kappa shape index (κ3) is 3.84. The minimum absolute atomic E-state index is 0.160. The van der Waals surface area contributed by atoms with Crippen LogP contribution < -0.4 is 5.32 Å². The topological polar surface area (TPSA) is 71.5 Å². The zero-order chi connectivity index (χ0) is 17.3. The predicted octanol–water partition coefficient (Wildman–Crippen LogP) is 2.89. The molecule has 3 rings (SSSR count). The number of likely N-dealkylation sites (tertiary alicyclic amines) is 1. The molecule has 0 aliphatic carbocycles. The Morgan fingerprint density at radius 2 is 2.04 bits per heavy atom. The Kier molecular flexibility index (Phi) is 4.45. The van der Waals surface area contributed by atoms with E-state index < -0.39 is 5.60 Å². The molecule has 0 bridgehead atoms. The first-order chi connectivity index (χ1) is 11.3. The number of thiazole rings is 1. The van der Waals surface area contributed by atoms with Crippen LogP contribution in [0, 0.1) is 5.92 Å². The van der Waals surface area contributed by atoms with Crippen LogP contribution in [-0.4, -0.2) is 47.1 Å². The Morgan fingerprint density at radius 1 is 1.33 bits per heavy atom. The van der Waals surface area contributed by atoms with E-state index in [0.29, 0.717) is 24.6 Å². The highest BCUT2D eigenvalue weighted by atomic mass is 32.1. The van der Waals surface area contributed by atoms with E-state index in [2.05, 4.69) is 10.3 Å². The molecule has 1 fully saturated rings. The highest BCUT2D eigenvalue weighted by molar-refractivity contribution is 7.20. The lowest BCUT2D eigenvalue weighted by Crippen LogP contribution is -2.54. The first kappa shape index (κ1) is 16.7. The van der Waals surface area contributed by atoms with Gasteiger partial charge in [-0.1, -0.05) is 12.1 Å². The summed E-state index contributed by atoms with van der Waals surface area (Å²) in [5, 5.41) is 3.37. The number of para-hydroxylation sites is 1. The van der Waals surface area contributed by atoms with Crippen molar-refractivity contribution < 1.29 is 14.3 Å². The second-order valence-electron chi connectivity index (χ2n) is 6.95. The van der Waals surface area contributed by atoms with Crippen molar-refractivity contribution in [3.63, 3.8) is 0 Å². The number of hydrogen-bond acceptors (Lipinski definition) is 5. The van der Waals surface area contributed by atoms with Gasteiger partial charge in [-0.15, -0.1) is 11.3 Å². The van der Waals surface area contributed by atoms with Gasteiger partial charge in [0, 0.05) is 25.6 Å². The molecule has 0 saturated carbocycles. The van der Waals surface area contributed by atoms with Crippen LogP contribution in [0.1, 0.15) is 30.6 Å². The molecule has 0 radical (unpaired) electrons. The molecule has 0 spiro atoms. The van der Waals surface area contributed by atoms with E-state index in [-0.39, 0.29) is 17.9 Å². The van der Waals surface area contributed by atoms with Crippen LogP contribution in [0.25, 0.3) is 10.2 Å². The first-order valence-corrected chi connectivity index (χ1v) is 8.75. The van der Waals surface area contributed by atoms with Gasteiger partial charge in [-0.05, 0) is 32.9 Å². The van der Waals surface area contributed by atoms with Crippen molar-refractivity contribution in [1.82, 2.24) is 15.2 Å². The number of nitrogens with one attached hydrogen (secondary N) is 1. The van der Waals surface area contributed by atoms with Crippen LogP contribution >= 0.6 is 11.3 Å². The lowest BCUT2D eigenvalue weighted by atomic mass is 10.0. The van der Waals surface area contributed by atoms with Crippen LogP contribution in [0.5, 0.6) is 0 Å². The third-order valence-electron chi connectivity index (χ3n) is 3.65. The van der Waals surface area contributed by atoms with Crippen LogP contribution in [-0.2, 0) is 4.74 Å². The average Bonchev–Trinajstić information content (AvgIpc) is 2.87. The molecular formula is C17H21N3O3S. The monoisotopic (exact) mass is 347 g/mol. The summed E-state index contributed by atoms with van der Waals surface area (Å²) >= 11 is 1.39. The molecule has 6 nitrogen and oxygen atoms in total. The Morgan fingerprint density at radius 3 is 2.71 bits per heavy atom. The second kappa shape index (κ2) is 6.39. The van der Waals surface area contributed by atoms with E-state index in [9.17, 15) is 9.59 Å². The quantitative estimate of drug-likeness (QED) is 0.927. The molecule has 2 heterocycles. The van der Waals surface area contributed by atoms with E-state index in [0.717, 1.165) is 10.2 Å². The molecule has 7 heteroatoms. The maximum absolute atomic E-state index is 12.2. The molecule has 128 valence electrons. The van der Waals surface area contributed by atoms with Gasteiger partial charge in [0.2, 0.25) is 0 Å². The van der Waals surface area contributed by atoms with Gasteiger partial charge >= 0.3 is 6.09 Å². The number of amides is 2. The molecule has 1 aromatic carbocycles. The largest absolute Gasteiger partial charge is 0.444 e. The summed E-state index contributed by atoms with van der Waals surface area (Å²) in [6, 6.07) is 7.69. The summed E-state index contributed by atoms with van der Waals surface area (Å²) in [5.74, 6) is 0.0998. The number of fused-ring (bicyclic) bond motifs is 1. The van der Waals surface area contributed by atoms with Crippen molar-refractivity contribution in [2.75, 3.05) is 19.6 Å². The predicted molar refractivity (Wildman–Crippen MR) is 93.3 cm³/mol. The summed E-state index contributed by atoms with van der Waals surface area (Å²) < 4.78 is 6.31. The molecule has 1 aromatic heterocycles. The Labute approximate surface area is 144 Å². The minimum Gasteiger partial charge on any atom is -0.444 e. The summed E-state index contributed by atoms with van der Waals surface area (Å²) in [5.41, 5.74) is 0.357. The van der Waals surface area contributed by atoms with Gasteiger partial charge in [-0.2, -0.15) is 0 Å². The second-order valence-corrected chi connectivity index (χ2v) is 7.98. The van der Waals surface area contributed by atoms with Crippen molar-refractivity contribution in [2.45, 2.75) is 26.4 Å². The Balaban J connectivity index is 1.46. The zero-order valence-corrected chi connectivity index (χ0v) is 14.9. The minimum atomic E-state index is -0.483. The summed E-state index contributed by atoms with van der Waals surface area (Å²) in [4.78, 5) is 30.0. The van der Waals surface area contributed by atoms with E-state index in [1.54, 1.807) is 4.90 Å². The van der Waals surface area contributed by atoms with Crippen molar-refractivity contribution in [3.8, 4) is 0 Å². The maximum Gasteiger partial charge on any atom is 0.410 e. The first-order valence-electron chi connectivity index (χ1n) is 7.93. The SMILES string of the molecule is CC(C)(C)OC(=O)N1CC(CNC(=O)c2nc3ccccc3s2)C1. The van der Waals surface area contributed by atoms with Crippen molar-refractivity contribution >= 4 is 33.6 Å². The third-order valence-corrected chi connectivity index (χ3v) is 4.68. The van der Waals surface area contributed by atoms with Crippen LogP contribution in [0.2, 0.25) is 0 Å². The van der Waals surface area contributed by atoms with Crippen LogP contribution in [0.3, 0.4) is 0 Å². The number of aromatic nitrogens is 1. The highest BCUT2D eigenvalue weighted by Crippen LogP contribution is 2.22. The summed E-state index contributed by atoms with van der Waals surface area (Å²) in [6.07, 6.45) is -0.295.